The van der Waals surface area contributed by atoms with Crippen molar-refractivity contribution in [3.8, 4) is 0 Å². The van der Waals surface area contributed by atoms with Crippen molar-refractivity contribution < 1.29 is 4.79 Å². The summed E-state index contributed by atoms with van der Waals surface area (Å²) in [6, 6.07) is 18.1. The fraction of sp³-hybridized carbons (Fsp3) is 0.370. The van der Waals surface area contributed by atoms with Crippen molar-refractivity contribution in [3.63, 3.8) is 0 Å². The lowest BCUT2D eigenvalue weighted by Crippen LogP contribution is -2.50. The maximum absolute atomic E-state index is 13.3. The summed E-state index contributed by atoms with van der Waals surface area (Å²) in [5, 5.41) is 0.734. The molecule has 0 spiro atoms. The molecule has 1 amide bonds. The average Bonchev–Trinajstić information content (AvgIpc) is 2.83. The predicted octanol–water partition coefficient (Wildman–Crippen LogP) is 5.18. The van der Waals surface area contributed by atoms with Gasteiger partial charge in [0.1, 0.15) is 11.6 Å². The molecule has 1 fully saturated rings. The molecule has 5 nitrogen and oxygen atoms in total. The van der Waals surface area contributed by atoms with E-state index in [0.29, 0.717) is 13.1 Å². The van der Waals surface area contributed by atoms with E-state index in [4.69, 9.17) is 16.6 Å². The van der Waals surface area contributed by atoms with Crippen molar-refractivity contribution in [1.82, 2.24) is 14.9 Å². The summed E-state index contributed by atoms with van der Waals surface area (Å²) in [5.74, 6) is 1.90. The minimum absolute atomic E-state index is 0.0817. The zero-order valence-corrected chi connectivity index (χ0v) is 20.3. The van der Waals surface area contributed by atoms with Gasteiger partial charge in [0.2, 0.25) is 5.91 Å². The van der Waals surface area contributed by atoms with E-state index >= 15 is 0 Å². The molecule has 172 valence electrons. The van der Waals surface area contributed by atoms with Crippen LogP contribution >= 0.6 is 11.6 Å². The molecule has 1 saturated heterocycles. The van der Waals surface area contributed by atoms with Gasteiger partial charge in [0, 0.05) is 48.9 Å². The SMILES string of the molecule is CCC(C(=O)N1CCN(c2nc(C)nc(C)c2Cc2ccc(Cl)cc2)CC1)c1ccccc1. The molecule has 0 saturated carbocycles. The Morgan fingerprint density at radius 3 is 2.27 bits per heavy atom. The van der Waals surface area contributed by atoms with Gasteiger partial charge in [0.05, 0.1) is 5.92 Å². The first-order valence-electron chi connectivity index (χ1n) is 11.6. The predicted molar refractivity (Wildman–Crippen MR) is 134 cm³/mol. The van der Waals surface area contributed by atoms with Crippen LogP contribution in [-0.2, 0) is 11.2 Å². The Kier molecular flexibility index (Phi) is 7.29. The molecule has 2 heterocycles. The zero-order valence-electron chi connectivity index (χ0n) is 19.6. The molecule has 0 N–H and O–H groups in total. The van der Waals surface area contributed by atoms with Crippen LogP contribution in [0.4, 0.5) is 5.82 Å². The quantitative estimate of drug-likeness (QED) is 0.506. The van der Waals surface area contributed by atoms with E-state index in [1.807, 2.05) is 42.2 Å². The molecule has 1 aliphatic rings. The fourth-order valence-electron chi connectivity index (χ4n) is 4.59. The van der Waals surface area contributed by atoms with E-state index in [9.17, 15) is 4.79 Å². The van der Waals surface area contributed by atoms with Crippen LogP contribution in [0, 0.1) is 13.8 Å². The number of amides is 1. The highest BCUT2D eigenvalue weighted by atomic mass is 35.5. The minimum Gasteiger partial charge on any atom is -0.353 e. The molecule has 3 aromatic rings. The lowest BCUT2D eigenvalue weighted by Gasteiger charge is -2.38. The molecular weight excluding hydrogens is 432 g/mol. The molecule has 0 bridgehead atoms. The Hall–Kier alpha value is -2.92. The van der Waals surface area contributed by atoms with Crippen molar-refractivity contribution in [2.45, 2.75) is 39.5 Å². The van der Waals surface area contributed by atoms with Crippen LogP contribution in [-0.4, -0.2) is 47.0 Å². The molecule has 33 heavy (non-hydrogen) atoms. The van der Waals surface area contributed by atoms with E-state index < -0.39 is 0 Å². The van der Waals surface area contributed by atoms with Crippen molar-refractivity contribution in [3.05, 3.63) is 87.8 Å². The van der Waals surface area contributed by atoms with E-state index in [2.05, 4.69) is 48.0 Å². The Morgan fingerprint density at radius 1 is 0.970 bits per heavy atom. The van der Waals surface area contributed by atoms with Gasteiger partial charge in [0.15, 0.2) is 0 Å². The van der Waals surface area contributed by atoms with Gasteiger partial charge in [-0.1, -0.05) is 61.0 Å². The lowest BCUT2D eigenvalue weighted by atomic mass is 9.94. The summed E-state index contributed by atoms with van der Waals surface area (Å²) in [5.41, 5.74) is 4.41. The van der Waals surface area contributed by atoms with Gasteiger partial charge in [-0.25, -0.2) is 9.97 Å². The summed E-state index contributed by atoms with van der Waals surface area (Å²) in [6.45, 7) is 9.00. The second-order valence-electron chi connectivity index (χ2n) is 8.65. The van der Waals surface area contributed by atoms with Crippen LogP contribution in [0.15, 0.2) is 54.6 Å². The monoisotopic (exact) mass is 462 g/mol. The van der Waals surface area contributed by atoms with E-state index in [0.717, 1.165) is 59.4 Å². The second-order valence-corrected chi connectivity index (χ2v) is 9.08. The van der Waals surface area contributed by atoms with E-state index in [1.54, 1.807) is 0 Å². The summed E-state index contributed by atoms with van der Waals surface area (Å²) in [7, 11) is 0. The number of anilines is 1. The first-order valence-corrected chi connectivity index (χ1v) is 12.0. The number of rotatable bonds is 6. The van der Waals surface area contributed by atoms with E-state index in [-0.39, 0.29) is 11.8 Å². The Bertz CT molecular complexity index is 1090. The maximum Gasteiger partial charge on any atom is 0.230 e. The standard InChI is InChI=1S/C27H31ClN4O/c1-4-24(22-8-6-5-7-9-22)27(33)32-16-14-31(15-17-32)26-25(19(2)29-20(3)30-26)18-21-10-12-23(28)13-11-21/h5-13,24H,4,14-18H2,1-3H3. The molecule has 1 aliphatic heterocycles. The number of hydrogen-bond acceptors (Lipinski definition) is 4. The van der Waals surface area contributed by atoms with Gasteiger partial charge in [-0.3, -0.25) is 4.79 Å². The van der Waals surface area contributed by atoms with Crippen LogP contribution in [0.1, 0.15) is 47.5 Å². The van der Waals surface area contributed by atoms with Crippen LogP contribution < -0.4 is 4.90 Å². The number of aromatic nitrogens is 2. The van der Waals surface area contributed by atoms with Gasteiger partial charge in [-0.15, -0.1) is 0 Å². The summed E-state index contributed by atoms with van der Waals surface area (Å²) in [6.07, 6.45) is 1.56. The summed E-state index contributed by atoms with van der Waals surface area (Å²) < 4.78 is 0. The molecule has 4 rings (SSSR count). The number of aryl methyl sites for hydroxylation is 2. The van der Waals surface area contributed by atoms with Crippen molar-refractivity contribution >= 4 is 23.3 Å². The lowest BCUT2D eigenvalue weighted by molar-refractivity contribution is -0.133. The highest BCUT2D eigenvalue weighted by Crippen LogP contribution is 2.27. The Morgan fingerprint density at radius 2 is 1.64 bits per heavy atom. The minimum atomic E-state index is -0.0817. The third kappa shape index (κ3) is 5.36. The average molecular weight is 463 g/mol. The fourth-order valence-corrected chi connectivity index (χ4v) is 4.72. The smallest absolute Gasteiger partial charge is 0.230 e. The normalized spacial score (nSPS) is 14.9. The largest absolute Gasteiger partial charge is 0.353 e. The number of nitrogens with zero attached hydrogens (tertiary/aromatic N) is 4. The van der Waals surface area contributed by atoms with Crippen molar-refractivity contribution in [1.29, 1.82) is 0 Å². The van der Waals surface area contributed by atoms with Gasteiger partial charge in [0.25, 0.3) is 0 Å². The number of carbonyl (C=O) groups excluding carboxylic acids is 1. The number of hydrogen-bond donors (Lipinski definition) is 0. The van der Waals surface area contributed by atoms with Gasteiger partial charge in [-0.05, 0) is 43.5 Å². The third-order valence-corrected chi connectivity index (χ3v) is 6.65. The van der Waals surface area contributed by atoms with Gasteiger partial charge >= 0.3 is 0 Å². The number of benzene rings is 2. The van der Waals surface area contributed by atoms with E-state index in [1.165, 1.54) is 5.56 Å². The van der Waals surface area contributed by atoms with Crippen LogP contribution in [0.2, 0.25) is 5.02 Å². The first-order chi connectivity index (χ1) is 16.0. The van der Waals surface area contributed by atoms with Crippen LogP contribution in [0.25, 0.3) is 0 Å². The molecular formula is C27H31ClN4O. The third-order valence-electron chi connectivity index (χ3n) is 6.40. The molecule has 6 heteroatoms. The Balaban J connectivity index is 1.50. The number of piperazine rings is 1. The zero-order chi connectivity index (χ0) is 23.4. The van der Waals surface area contributed by atoms with Crippen LogP contribution in [0.5, 0.6) is 0 Å². The second kappa shape index (κ2) is 10.3. The van der Waals surface area contributed by atoms with Crippen molar-refractivity contribution in [2.75, 3.05) is 31.1 Å². The Labute approximate surface area is 201 Å². The van der Waals surface area contributed by atoms with Crippen LogP contribution in [0.3, 0.4) is 0 Å². The molecule has 1 aromatic heterocycles. The number of halogens is 1. The molecule has 0 aliphatic carbocycles. The highest BCUT2D eigenvalue weighted by Gasteiger charge is 2.29. The molecule has 2 aromatic carbocycles. The first kappa shape index (κ1) is 23.2. The molecule has 1 atom stereocenters. The molecule has 0 radical (unpaired) electrons. The topological polar surface area (TPSA) is 49.3 Å². The summed E-state index contributed by atoms with van der Waals surface area (Å²) in [4.78, 5) is 27.1. The van der Waals surface area contributed by atoms with Crippen molar-refractivity contribution in [2.24, 2.45) is 0 Å². The highest BCUT2D eigenvalue weighted by molar-refractivity contribution is 6.30. The summed E-state index contributed by atoms with van der Waals surface area (Å²) >= 11 is 6.07. The van der Waals surface area contributed by atoms with Gasteiger partial charge in [-0.2, -0.15) is 0 Å². The van der Waals surface area contributed by atoms with Gasteiger partial charge < -0.3 is 9.80 Å². The molecule has 1 unspecified atom stereocenters. The maximum atomic E-state index is 13.3. The number of carbonyl (C=O) groups is 1.